The molecule has 0 N–H and O–H groups in total. The summed E-state index contributed by atoms with van der Waals surface area (Å²) in [5, 5.41) is 5.18. The molecular weight excluding hydrogens is 558 g/mol. The third kappa shape index (κ3) is 3.58. The quantitative estimate of drug-likeness (QED) is 0.196. The average Bonchev–Trinajstić information content (AvgIpc) is 3.53. The summed E-state index contributed by atoms with van der Waals surface area (Å²) in [6.07, 6.45) is 0. The third-order valence-electron chi connectivity index (χ3n) is 7.67. The van der Waals surface area contributed by atoms with Crippen LogP contribution in [0.1, 0.15) is 0 Å². The number of benzene rings is 6. The Morgan fingerprint density at radius 2 is 1.15 bits per heavy atom. The normalized spacial score (nSPS) is 11.7. The van der Waals surface area contributed by atoms with Crippen LogP contribution in [0, 0.1) is 0 Å². The van der Waals surface area contributed by atoms with Crippen LogP contribution in [0.15, 0.2) is 138 Å². The van der Waals surface area contributed by atoms with Crippen molar-refractivity contribution in [3.8, 4) is 27.9 Å². The van der Waals surface area contributed by atoms with E-state index in [1.807, 2.05) is 11.3 Å². The van der Waals surface area contributed by atoms with Crippen LogP contribution in [-0.4, -0.2) is 4.57 Å². The van der Waals surface area contributed by atoms with Gasteiger partial charge in [-0.15, -0.1) is 11.3 Å². The van der Waals surface area contributed by atoms with Crippen molar-refractivity contribution in [3.63, 3.8) is 0 Å². The van der Waals surface area contributed by atoms with Gasteiger partial charge in [0.25, 0.3) is 0 Å². The Kier molecular flexibility index (Phi) is 5.22. The standard InChI is InChI=1S/C36H22BrNS/c37-25-10-7-9-23(21-25)26-11-1-2-12-27(26)24-19-20-29-28-13-3-5-15-31(28)38(33(29)22-24)32-16-8-18-35-36(32)30-14-4-6-17-34(30)39-35/h1-22H. The van der Waals surface area contributed by atoms with E-state index in [1.165, 1.54) is 69.9 Å². The summed E-state index contributed by atoms with van der Waals surface area (Å²) in [7, 11) is 0. The van der Waals surface area contributed by atoms with Crippen LogP contribution in [0.5, 0.6) is 0 Å². The molecule has 0 spiro atoms. The molecule has 8 aromatic rings. The van der Waals surface area contributed by atoms with Crippen molar-refractivity contribution < 1.29 is 0 Å². The van der Waals surface area contributed by atoms with Crippen LogP contribution < -0.4 is 0 Å². The van der Waals surface area contributed by atoms with E-state index in [1.54, 1.807) is 0 Å². The minimum absolute atomic E-state index is 1.08. The van der Waals surface area contributed by atoms with Crippen LogP contribution in [0.3, 0.4) is 0 Å². The van der Waals surface area contributed by atoms with Crippen LogP contribution in [0.25, 0.3) is 69.9 Å². The molecule has 184 valence electrons. The maximum Gasteiger partial charge on any atom is 0.0555 e. The Bertz CT molecular complexity index is 2200. The van der Waals surface area contributed by atoms with Gasteiger partial charge in [0.05, 0.1) is 16.7 Å². The lowest BCUT2D eigenvalue weighted by Crippen LogP contribution is -1.95. The highest BCUT2D eigenvalue weighted by Gasteiger charge is 2.18. The largest absolute Gasteiger partial charge is 0.309 e. The summed E-state index contributed by atoms with van der Waals surface area (Å²) >= 11 is 5.53. The van der Waals surface area contributed by atoms with Crippen LogP contribution >= 0.6 is 27.3 Å². The molecule has 0 bridgehead atoms. The molecule has 0 atom stereocenters. The van der Waals surface area contributed by atoms with Gasteiger partial charge in [0.15, 0.2) is 0 Å². The van der Waals surface area contributed by atoms with E-state index < -0.39 is 0 Å². The molecule has 8 rings (SSSR count). The van der Waals surface area contributed by atoms with Gasteiger partial charge in [0, 0.05) is 35.4 Å². The van der Waals surface area contributed by atoms with Gasteiger partial charge in [-0.05, 0) is 64.7 Å². The maximum absolute atomic E-state index is 3.66. The minimum Gasteiger partial charge on any atom is -0.309 e. The number of hydrogen-bond donors (Lipinski definition) is 0. The number of nitrogens with zero attached hydrogens (tertiary/aromatic N) is 1. The molecule has 0 aliphatic rings. The fourth-order valence-electron chi connectivity index (χ4n) is 5.98. The molecule has 2 aromatic heterocycles. The van der Waals surface area contributed by atoms with E-state index in [9.17, 15) is 0 Å². The average molecular weight is 581 g/mol. The summed E-state index contributed by atoms with van der Waals surface area (Å²) < 4.78 is 6.19. The van der Waals surface area contributed by atoms with E-state index in [0.29, 0.717) is 0 Å². The predicted molar refractivity (Wildman–Crippen MR) is 172 cm³/mol. The molecule has 0 radical (unpaired) electrons. The lowest BCUT2D eigenvalue weighted by Gasteiger charge is -2.13. The lowest BCUT2D eigenvalue weighted by atomic mass is 9.94. The predicted octanol–water partition coefficient (Wildman–Crippen LogP) is 11.2. The molecule has 0 saturated heterocycles. The molecular formula is C36H22BrNS. The topological polar surface area (TPSA) is 4.93 Å². The van der Waals surface area contributed by atoms with E-state index >= 15 is 0 Å². The first-order valence-electron chi connectivity index (χ1n) is 13.1. The Morgan fingerprint density at radius 3 is 2.00 bits per heavy atom. The van der Waals surface area contributed by atoms with Crippen molar-refractivity contribution in [2.75, 3.05) is 0 Å². The highest BCUT2D eigenvalue weighted by atomic mass is 79.9. The number of thiophene rings is 1. The highest BCUT2D eigenvalue weighted by Crippen LogP contribution is 2.42. The molecule has 6 aromatic carbocycles. The van der Waals surface area contributed by atoms with Crippen LogP contribution in [0.2, 0.25) is 0 Å². The second kappa shape index (κ2) is 8.94. The summed E-state index contributed by atoms with van der Waals surface area (Å²) in [5.74, 6) is 0. The minimum atomic E-state index is 1.08. The number of para-hydroxylation sites is 1. The molecule has 2 heterocycles. The number of halogens is 1. The van der Waals surface area contributed by atoms with Crippen molar-refractivity contribution in [1.29, 1.82) is 0 Å². The van der Waals surface area contributed by atoms with Crippen molar-refractivity contribution >= 4 is 69.2 Å². The first-order valence-corrected chi connectivity index (χ1v) is 14.7. The molecule has 1 nitrogen and oxygen atoms in total. The number of aromatic nitrogens is 1. The van der Waals surface area contributed by atoms with E-state index in [4.69, 9.17) is 0 Å². The Morgan fingerprint density at radius 1 is 0.487 bits per heavy atom. The van der Waals surface area contributed by atoms with Gasteiger partial charge in [0.1, 0.15) is 0 Å². The fourth-order valence-corrected chi connectivity index (χ4v) is 7.51. The molecule has 0 amide bonds. The summed E-state index contributed by atoms with van der Waals surface area (Å²) in [6.45, 7) is 0. The molecule has 0 aliphatic heterocycles. The molecule has 39 heavy (non-hydrogen) atoms. The zero-order valence-corrected chi connectivity index (χ0v) is 23.3. The van der Waals surface area contributed by atoms with Gasteiger partial charge in [-0.3, -0.25) is 0 Å². The molecule has 0 aliphatic carbocycles. The Hall–Kier alpha value is -4.18. The molecule has 3 heteroatoms. The van der Waals surface area contributed by atoms with Gasteiger partial charge < -0.3 is 4.57 Å². The maximum atomic E-state index is 3.66. The van der Waals surface area contributed by atoms with Crippen molar-refractivity contribution in [2.24, 2.45) is 0 Å². The van der Waals surface area contributed by atoms with Crippen molar-refractivity contribution in [3.05, 3.63) is 138 Å². The summed E-state index contributed by atoms with van der Waals surface area (Å²) in [6, 6.07) is 48.5. The second-order valence-electron chi connectivity index (χ2n) is 9.89. The van der Waals surface area contributed by atoms with Gasteiger partial charge in [0.2, 0.25) is 0 Å². The monoisotopic (exact) mass is 579 g/mol. The molecule has 0 saturated carbocycles. The zero-order valence-electron chi connectivity index (χ0n) is 20.9. The first-order chi connectivity index (χ1) is 19.3. The van der Waals surface area contributed by atoms with E-state index in [0.717, 1.165) is 4.47 Å². The van der Waals surface area contributed by atoms with E-state index in [-0.39, 0.29) is 0 Å². The smallest absolute Gasteiger partial charge is 0.0555 e. The number of fused-ring (bicyclic) bond motifs is 6. The molecule has 0 fully saturated rings. The zero-order chi connectivity index (χ0) is 25.9. The van der Waals surface area contributed by atoms with Gasteiger partial charge >= 0.3 is 0 Å². The fraction of sp³-hybridized carbons (Fsp3) is 0. The summed E-state index contributed by atoms with van der Waals surface area (Å²) in [5.41, 5.74) is 8.56. The van der Waals surface area contributed by atoms with Gasteiger partial charge in [-0.1, -0.05) is 107 Å². The lowest BCUT2D eigenvalue weighted by molar-refractivity contribution is 1.20. The molecule has 0 unspecified atom stereocenters. The van der Waals surface area contributed by atoms with Crippen LogP contribution in [-0.2, 0) is 0 Å². The van der Waals surface area contributed by atoms with Crippen molar-refractivity contribution in [2.45, 2.75) is 0 Å². The SMILES string of the molecule is Brc1cccc(-c2ccccc2-c2ccc3c4ccccc4n(-c4cccc5sc6ccccc6c45)c3c2)c1. The summed E-state index contributed by atoms with van der Waals surface area (Å²) in [4.78, 5) is 0. The third-order valence-corrected chi connectivity index (χ3v) is 9.30. The van der Waals surface area contributed by atoms with E-state index in [2.05, 4.69) is 154 Å². The highest BCUT2D eigenvalue weighted by molar-refractivity contribution is 9.10. The van der Waals surface area contributed by atoms with Gasteiger partial charge in [-0.2, -0.15) is 0 Å². The first kappa shape index (κ1) is 22.8. The second-order valence-corrected chi connectivity index (χ2v) is 11.9. The number of rotatable bonds is 3. The van der Waals surface area contributed by atoms with Crippen molar-refractivity contribution in [1.82, 2.24) is 4.57 Å². The Balaban J connectivity index is 1.45. The number of hydrogen-bond acceptors (Lipinski definition) is 1. The van der Waals surface area contributed by atoms with Crippen LogP contribution in [0.4, 0.5) is 0 Å². The Labute approximate surface area is 238 Å². The van der Waals surface area contributed by atoms with Gasteiger partial charge in [-0.25, -0.2) is 0 Å².